The number of thiophene rings is 1. The third-order valence-corrected chi connectivity index (χ3v) is 3.63. The number of hydrogen-bond acceptors (Lipinski definition) is 3. The minimum atomic E-state index is 0.0624. The van der Waals surface area contributed by atoms with Crippen molar-refractivity contribution in [3.63, 3.8) is 0 Å². The molecule has 0 aliphatic heterocycles. The van der Waals surface area contributed by atoms with E-state index in [1.54, 1.807) is 4.90 Å². The van der Waals surface area contributed by atoms with E-state index in [1.165, 1.54) is 11.3 Å². The molecular formula is C14H20N2OS. The van der Waals surface area contributed by atoms with E-state index in [0.29, 0.717) is 18.0 Å². The van der Waals surface area contributed by atoms with Crippen LogP contribution in [0.4, 0.5) is 0 Å². The lowest BCUT2D eigenvalue weighted by molar-refractivity contribution is 0.0775. The van der Waals surface area contributed by atoms with Gasteiger partial charge in [0, 0.05) is 19.0 Å². The Bertz CT molecular complexity index is 456. The molecule has 0 saturated carbocycles. The lowest BCUT2D eigenvalue weighted by Gasteiger charge is -2.20. The molecule has 1 atom stereocenters. The van der Waals surface area contributed by atoms with Gasteiger partial charge in [0.15, 0.2) is 0 Å². The van der Waals surface area contributed by atoms with Gasteiger partial charge < -0.3 is 10.6 Å². The first-order valence-corrected chi connectivity index (χ1v) is 6.99. The minimum Gasteiger partial charge on any atom is -0.341 e. The zero-order valence-corrected chi connectivity index (χ0v) is 12.0. The summed E-state index contributed by atoms with van der Waals surface area (Å²) >= 11 is 1.48. The average molecular weight is 264 g/mol. The summed E-state index contributed by atoms with van der Waals surface area (Å²) in [5.74, 6) is 6.32. The second-order valence-electron chi connectivity index (χ2n) is 4.40. The van der Waals surface area contributed by atoms with Crippen LogP contribution in [0.25, 0.3) is 0 Å². The largest absolute Gasteiger partial charge is 0.341 e. The predicted molar refractivity (Wildman–Crippen MR) is 76.7 cm³/mol. The molecule has 0 bridgehead atoms. The highest BCUT2D eigenvalue weighted by Crippen LogP contribution is 2.16. The van der Waals surface area contributed by atoms with Crippen molar-refractivity contribution in [1.29, 1.82) is 0 Å². The Morgan fingerprint density at radius 2 is 2.33 bits per heavy atom. The SMILES string of the molecule is CCC(C)CN(C)C(=O)c1csc(C#CCN)c1. The predicted octanol–water partition coefficient (Wildman–Crippen LogP) is 2.18. The van der Waals surface area contributed by atoms with Gasteiger partial charge in [-0.3, -0.25) is 4.79 Å². The van der Waals surface area contributed by atoms with Gasteiger partial charge in [0.25, 0.3) is 5.91 Å². The molecule has 2 N–H and O–H groups in total. The summed E-state index contributed by atoms with van der Waals surface area (Å²) in [6.07, 6.45) is 1.08. The molecule has 1 amide bonds. The van der Waals surface area contributed by atoms with Crippen molar-refractivity contribution in [2.75, 3.05) is 20.1 Å². The van der Waals surface area contributed by atoms with Crippen LogP contribution in [-0.2, 0) is 0 Å². The van der Waals surface area contributed by atoms with Crippen molar-refractivity contribution in [3.8, 4) is 11.8 Å². The van der Waals surface area contributed by atoms with Crippen molar-refractivity contribution in [1.82, 2.24) is 4.90 Å². The number of nitrogens with two attached hydrogens (primary N) is 1. The zero-order valence-electron chi connectivity index (χ0n) is 11.2. The van der Waals surface area contributed by atoms with E-state index in [9.17, 15) is 4.79 Å². The molecule has 1 aromatic heterocycles. The van der Waals surface area contributed by atoms with Crippen LogP contribution < -0.4 is 5.73 Å². The summed E-state index contributed by atoms with van der Waals surface area (Å²) in [7, 11) is 1.84. The molecule has 0 fully saturated rings. The normalized spacial score (nSPS) is 11.6. The lowest BCUT2D eigenvalue weighted by Crippen LogP contribution is -2.30. The Labute approximate surface area is 113 Å². The lowest BCUT2D eigenvalue weighted by atomic mass is 10.1. The molecule has 18 heavy (non-hydrogen) atoms. The molecule has 0 aliphatic carbocycles. The quantitative estimate of drug-likeness (QED) is 0.847. The second kappa shape index (κ2) is 7.20. The molecular weight excluding hydrogens is 244 g/mol. The fourth-order valence-corrected chi connectivity index (χ4v) is 2.30. The van der Waals surface area contributed by atoms with E-state index < -0.39 is 0 Å². The molecule has 0 aliphatic rings. The van der Waals surface area contributed by atoms with Crippen LogP contribution in [0, 0.1) is 17.8 Å². The van der Waals surface area contributed by atoms with E-state index in [1.807, 2.05) is 18.5 Å². The van der Waals surface area contributed by atoms with Gasteiger partial charge in [0.2, 0.25) is 0 Å². The standard InChI is InChI=1S/C14H20N2OS/c1-4-11(2)9-16(3)14(17)12-8-13(18-10-12)6-5-7-15/h8,10-11H,4,7,9,15H2,1-3H3. The van der Waals surface area contributed by atoms with Gasteiger partial charge in [-0.1, -0.05) is 32.1 Å². The molecule has 1 aromatic rings. The van der Waals surface area contributed by atoms with Gasteiger partial charge in [-0.2, -0.15) is 0 Å². The fraction of sp³-hybridized carbons (Fsp3) is 0.500. The summed E-state index contributed by atoms with van der Waals surface area (Å²) in [6.45, 7) is 5.41. The number of carbonyl (C=O) groups excluding carboxylic acids is 1. The number of carbonyl (C=O) groups is 1. The molecule has 3 nitrogen and oxygen atoms in total. The second-order valence-corrected chi connectivity index (χ2v) is 5.32. The first-order chi connectivity index (χ1) is 8.58. The van der Waals surface area contributed by atoms with Crippen LogP contribution in [-0.4, -0.2) is 30.9 Å². The molecule has 4 heteroatoms. The van der Waals surface area contributed by atoms with E-state index >= 15 is 0 Å². The van der Waals surface area contributed by atoms with Crippen LogP contribution in [0.2, 0.25) is 0 Å². The molecule has 1 heterocycles. The first-order valence-electron chi connectivity index (χ1n) is 6.11. The highest BCUT2D eigenvalue weighted by atomic mass is 32.1. The maximum Gasteiger partial charge on any atom is 0.254 e. The number of rotatable bonds is 4. The Morgan fingerprint density at radius 3 is 2.94 bits per heavy atom. The summed E-state index contributed by atoms with van der Waals surface area (Å²) in [4.78, 5) is 14.8. The molecule has 0 aromatic carbocycles. The van der Waals surface area contributed by atoms with Gasteiger partial charge in [-0.05, 0) is 12.0 Å². The summed E-state index contributed by atoms with van der Waals surface area (Å²) in [5, 5.41) is 1.86. The third-order valence-electron chi connectivity index (χ3n) is 2.79. The summed E-state index contributed by atoms with van der Waals surface area (Å²) in [6, 6.07) is 1.84. The smallest absolute Gasteiger partial charge is 0.254 e. The van der Waals surface area contributed by atoms with Crippen LogP contribution in [0.1, 0.15) is 35.5 Å². The van der Waals surface area contributed by atoms with E-state index in [2.05, 4.69) is 25.7 Å². The number of amides is 1. The van der Waals surface area contributed by atoms with Gasteiger partial charge in [-0.15, -0.1) is 11.3 Å². The number of hydrogen-bond donors (Lipinski definition) is 1. The zero-order chi connectivity index (χ0) is 13.5. The molecule has 0 radical (unpaired) electrons. The van der Waals surface area contributed by atoms with Crippen LogP contribution in [0.15, 0.2) is 11.4 Å². The van der Waals surface area contributed by atoms with Crippen molar-refractivity contribution >= 4 is 17.2 Å². The first kappa shape index (κ1) is 14.7. The van der Waals surface area contributed by atoms with Crippen LogP contribution in [0.5, 0.6) is 0 Å². The van der Waals surface area contributed by atoms with E-state index in [4.69, 9.17) is 5.73 Å². The van der Waals surface area contributed by atoms with Gasteiger partial charge in [0.1, 0.15) is 0 Å². The van der Waals surface area contributed by atoms with Gasteiger partial charge in [0.05, 0.1) is 17.0 Å². The maximum absolute atomic E-state index is 12.1. The monoisotopic (exact) mass is 264 g/mol. The Morgan fingerprint density at radius 1 is 1.61 bits per heavy atom. The topological polar surface area (TPSA) is 46.3 Å². The molecule has 1 rings (SSSR count). The van der Waals surface area contributed by atoms with Crippen molar-refractivity contribution < 1.29 is 4.79 Å². The van der Waals surface area contributed by atoms with E-state index in [0.717, 1.165) is 17.8 Å². The number of nitrogens with zero attached hydrogens (tertiary/aromatic N) is 1. The molecule has 0 spiro atoms. The van der Waals surface area contributed by atoms with Crippen LogP contribution >= 0.6 is 11.3 Å². The van der Waals surface area contributed by atoms with E-state index in [-0.39, 0.29) is 5.91 Å². The van der Waals surface area contributed by atoms with Gasteiger partial charge in [-0.25, -0.2) is 0 Å². The van der Waals surface area contributed by atoms with Crippen molar-refractivity contribution in [3.05, 3.63) is 21.9 Å². The average Bonchev–Trinajstić information content (AvgIpc) is 2.83. The van der Waals surface area contributed by atoms with Crippen molar-refractivity contribution in [2.24, 2.45) is 11.7 Å². The molecule has 0 saturated heterocycles. The molecule has 98 valence electrons. The van der Waals surface area contributed by atoms with Gasteiger partial charge >= 0.3 is 0 Å². The van der Waals surface area contributed by atoms with Crippen molar-refractivity contribution in [2.45, 2.75) is 20.3 Å². The maximum atomic E-state index is 12.1. The Balaban J connectivity index is 2.69. The Kier molecular flexibility index (Phi) is 5.90. The summed E-state index contributed by atoms with van der Waals surface area (Å²) in [5.41, 5.74) is 6.03. The van der Waals surface area contributed by atoms with Crippen LogP contribution in [0.3, 0.4) is 0 Å². The minimum absolute atomic E-state index is 0.0624. The highest BCUT2D eigenvalue weighted by Gasteiger charge is 2.14. The summed E-state index contributed by atoms with van der Waals surface area (Å²) < 4.78 is 0. The Hall–Kier alpha value is -1.31. The highest BCUT2D eigenvalue weighted by molar-refractivity contribution is 7.10. The molecule has 1 unspecified atom stereocenters. The fourth-order valence-electron chi connectivity index (χ4n) is 1.55. The third kappa shape index (κ3) is 4.17.